The van der Waals surface area contributed by atoms with Gasteiger partial charge in [0, 0.05) is 19.0 Å². The van der Waals surface area contributed by atoms with Gasteiger partial charge in [-0.3, -0.25) is 14.5 Å². The monoisotopic (exact) mass is 490 g/mol. The number of carbonyl (C=O) groups excluding carboxylic acids is 3. The molecule has 0 N–H and O–H groups in total. The predicted octanol–water partition coefficient (Wildman–Crippen LogP) is 4.76. The first-order valence-electron chi connectivity index (χ1n) is 12.4. The summed E-state index contributed by atoms with van der Waals surface area (Å²) in [5, 5.41) is 0. The van der Waals surface area contributed by atoms with Gasteiger partial charge >= 0.3 is 12.1 Å². The van der Waals surface area contributed by atoms with E-state index in [0.29, 0.717) is 19.4 Å². The van der Waals surface area contributed by atoms with Gasteiger partial charge in [0.05, 0.1) is 0 Å². The minimum Gasteiger partial charge on any atom is -0.459 e. The summed E-state index contributed by atoms with van der Waals surface area (Å²) in [6.07, 6.45) is 2.26. The van der Waals surface area contributed by atoms with E-state index >= 15 is 0 Å². The molecule has 1 aliphatic heterocycles. The molecule has 0 bridgehead atoms. The van der Waals surface area contributed by atoms with Gasteiger partial charge in [-0.2, -0.15) is 0 Å². The van der Waals surface area contributed by atoms with Crippen LogP contribution in [0, 0.1) is 0 Å². The number of hydrogen-bond donors (Lipinski definition) is 0. The van der Waals surface area contributed by atoms with Crippen molar-refractivity contribution in [2.24, 2.45) is 0 Å². The standard InChI is InChI=1S/C29H34N2O5/c1-5-16-30(18-26(32)36-29(2,3)4)27(33)25-15-10-17-31(25)28(34)35-19-24-22-13-8-6-11-20(22)21-12-7-9-14-23(21)24/h5-9,11-14,24-25H,1,10,15-19H2,2-4H3/t25-/m0/s1. The minimum atomic E-state index is -0.678. The molecule has 2 aromatic carbocycles. The van der Waals surface area contributed by atoms with E-state index in [1.54, 1.807) is 26.8 Å². The van der Waals surface area contributed by atoms with Crippen LogP contribution in [0.1, 0.15) is 50.7 Å². The third-order valence-electron chi connectivity index (χ3n) is 6.51. The molecule has 2 aromatic rings. The van der Waals surface area contributed by atoms with E-state index in [2.05, 4.69) is 30.8 Å². The Balaban J connectivity index is 1.43. The van der Waals surface area contributed by atoms with E-state index in [0.717, 1.165) is 22.3 Å². The van der Waals surface area contributed by atoms with Crippen LogP contribution in [0.5, 0.6) is 0 Å². The van der Waals surface area contributed by atoms with Crippen molar-refractivity contribution in [1.82, 2.24) is 9.80 Å². The highest BCUT2D eigenvalue weighted by Crippen LogP contribution is 2.44. The van der Waals surface area contributed by atoms with Gasteiger partial charge in [0.15, 0.2) is 0 Å². The van der Waals surface area contributed by atoms with Crippen molar-refractivity contribution in [2.75, 3.05) is 26.2 Å². The topological polar surface area (TPSA) is 76.2 Å². The lowest BCUT2D eigenvalue weighted by molar-refractivity contribution is -0.159. The zero-order chi connectivity index (χ0) is 25.9. The Bertz CT molecular complexity index is 1110. The van der Waals surface area contributed by atoms with Crippen LogP contribution in [0.2, 0.25) is 0 Å². The van der Waals surface area contributed by atoms with Crippen molar-refractivity contribution in [3.63, 3.8) is 0 Å². The summed E-state index contributed by atoms with van der Waals surface area (Å²) in [5.41, 5.74) is 3.93. The summed E-state index contributed by atoms with van der Waals surface area (Å²) in [6.45, 7) is 9.65. The van der Waals surface area contributed by atoms with Gasteiger partial charge in [0.25, 0.3) is 0 Å². The predicted molar refractivity (Wildman–Crippen MR) is 137 cm³/mol. The highest BCUT2D eigenvalue weighted by molar-refractivity contribution is 5.89. The first-order chi connectivity index (χ1) is 17.2. The number of amides is 2. The maximum atomic E-state index is 13.4. The smallest absolute Gasteiger partial charge is 0.410 e. The molecule has 2 aliphatic rings. The fourth-order valence-corrected chi connectivity index (χ4v) is 5.05. The summed E-state index contributed by atoms with van der Waals surface area (Å²) in [4.78, 5) is 41.8. The molecule has 1 heterocycles. The molecule has 0 unspecified atom stereocenters. The molecule has 7 nitrogen and oxygen atoms in total. The molecule has 4 rings (SSSR count). The van der Waals surface area contributed by atoms with Crippen LogP contribution in [0.15, 0.2) is 61.2 Å². The van der Waals surface area contributed by atoms with Crippen molar-refractivity contribution < 1.29 is 23.9 Å². The molecule has 36 heavy (non-hydrogen) atoms. The van der Waals surface area contributed by atoms with Gasteiger partial charge in [0.1, 0.15) is 24.8 Å². The number of carbonyl (C=O) groups is 3. The van der Waals surface area contributed by atoms with E-state index in [9.17, 15) is 14.4 Å². The Kier molecular flexibility index (Phi) is 7.48. The van der Waals surface area contributed by atoms with Gasteiger partial charge in [-0.15, -0.1) is 6.58 Å². The molecule has 0 radical (unpaired) electrons. The third-order valence-corrected chi connectivity index (χ3v) is 6.51. The van der Waals surface area contributed by atoms with E-state index in [4.69, 9.17) is 9.47 Å². The molecular weight excluding hydrogens is 456 g/mol. The van der Waals surface area contributed by atoms with Crippen LogP contribution in [0.25, 0.3) is 11.1 Å². The van der Waals surface area contributed by atoms with E-state index in [1.165, 1.54) is 9.80 Å². The van der Waals surface area contributed by atoms with Gasteiger partial charge < -0.3 is 14.4 Å². The Morgan fingerprint density at radius 1 is 1.06 bits per heavy atom. The second-order valence-electron chi connectivity index (χ2n) is 10.2. The number of ether oxygens (including phenoxy) is 2. The lowest BCUT2D eigenvalue weighted by Gasteiger charge is -2.30. The van der Waals surface area contributed by atoms with Gasteiger partial charge in [-0.25, -0.2) is 4.79 Å². The molecule has 1 aliphatic carbocycles. The summed E-state index contributed by atoms with van der Waals surface area (Å²) >= 11 is 0. The van der Waals surface area contributed by atoms with Crippen LogP contribution in [0.4, 0.5) is 4.79 Å². The molecule has 1 saturated heterocycles. The number of benzene rings is 2. The molecule has 190 valence electrons. The summed E-state index contributed by atoms with van der Waals surface area (Å²) < 4.78 is 11.2. The average Bonchev–Trinajstić information content (AvgIpc) is 3.44. The summed E-state index contributed by atoms with van der Waals surface area (Å²) in [6, 6.07) is 15.6. The van der Waals surface area contributed by atoms with Crippen LogP contribution < -0.4 is 0 Å². The molecular formula is C29H34N2O5. The fraction of sp³-hybridized carbons (Fsp3) is 0.414. The minimum absolute atomic E-state index is 0.0532. The third kappa shape index (κ3) is 5.45. The van der Waals surface area contributed by atoms with Crippen molar-refractivity contribution in [3.05, 3.63) is 72.3 Å². The molecule has 7 heteroatoms. The van der Waals surface area contributed by atoms with Crippen LogP contribution >= 0.6 is 0 Å². The van der Waals surface area contributed by atoms with Crippen molar-refractivity contribution in [2.45, 2.75) is 51.2 Å². The lowest BCUT2D eigenvalue weighted by atomic mass is 9.98. The van der Waals surface area contributed by atoms with Gasteiger partial charge in [0.2, 0.25) is 5.91 Å². The lowest BCUT2D eigenvalue weighted by Crippen LogP contribution is -2.50. The molecule has 0 saturated carbocycles. The normalized spacial score (nSPS) is 16.8. The summed E-state index contributed by atoms with van der Waals surface area (Å²) in [7, 11) is 0. The second-order valence-corrected chi connectivity index (χ2v) is 10.2. The number of hydrogen-bond acceptors (Lipinski definition) is 5. The second kappa shape index (κ2) is 10.6. The SMILES string of the molecule is C=CCN(CC(=O)OC(C)(C)C)C(=O)[C@@H]1CCCN1C(=O)OCC1c2ccccc2-c2ccccc21. The number of rotatable bonds is 7. The number of likely N-dealkylation sites (tertiary alicyclic amines) is 1. The fourth-order valence-electron chi connectivity index (χ4n) is 5.05. The maximum absolute atomic E-state index is 13.4. The Morgan fingerprint density at radius 3 is 2.25 bits per heavy atom. The number of fused-ring (bicyclic) bond motifs is 3. The number of esters is 1. The van der Waals surface area contributed by atoms with Crippen molar-refractivity contribution in [3.8, 4) is 11.1 Å². The van der Waals surface area contributed by atoms with Crippen molar-refractivity contribution >= 4 is 18.0 Å². The van der Waals surface area contributed by atoms with E-state index < -0.39 is 23.7 Å². The van der Waals surface area contributed by atoms with Crippen LogP contribution in [-0.4, -0.2) is 65.7 Å². The van der Waals surface area contributed by atoms with Crippen LogP contribution in [0.3, 0.4) is 0 Å². The summed E-state index contributed by atoms with van der Waals surface area (Å²) in [5.74, 6) is -0.849. The quantitative estimate of drug-likeness (QED) is 0.413. The molecule has 2 amide bonds. The van der Waals surface area contributed by atoms with Gasteiger partial charge in [-0.1, -0.05) is 54.6 Å². The zero-order valence-electron chi connectivity index (χ0n) is 21.2. The Labute approximate surface area is 212 Å². The first kappa shape index (κ1) is 25.5. The average molecular weight is 491 g/mol. The molecule has 0 spiro atoms. The highest BCUT2D eigenvalue weighted by Gasteiger charge is 2.39. The molecule has 1 atom stereocenters. The number of nitrogens with zero attached hydrogens (tertiary/aromatic N) is 2. The molecule has 1 fully saturated rings. The van der Waals surface area contributed by atoms with E-state index in [-0.39, 0.29) is 31.5 Å². The maximum Gasteiger partial charge on any atom is 0.410 e. The highest BCUT2D eigenvalue weighted by atomic mass is 16.6. The Hall–Kier alpha value is -3.61. The Morgan fingerprint density at radius 2 is 1.67 bits per heavy atom. The zero-order valence-corrected chi connectivity index (χ0v) is 21.2. The first-order valence-corrected chi connectivity index (χ1v) is 12.4. The van der Waals surface area contributed by atoms with E-state index in [1.807, 2.05) is 24.3 Å². The largest absolute Gasteiger partial charge is 0.459 e. The van der Waals surface area contributed by atoms with Crippen molar-refractivity contribution in [1.29, 1.82) is 0 Å². The van der Waals surface area contributed by atoms with Crippen LogP contribution in [-0.2, 0) is 19.1 Å². The molecule has 0 aromatic heterocycles. The van der Waals surface area contributed by atoms with Gasteiger partial charge in [-0.05, 0) is 55.9 Å².